The third-order valence-electron chi connectivity index (χ3n) is 1.94. The number of unbranched alkanes of at least 4 members (excludes halogenated alkanes) is 4. The van der Waals surface area contributed by atoms with Crippen LogP contribution in [-0.2, 0) is 4.79 Å². The van der Waals surface area contributed by atoms with E-state index in [0.29, 0.717) is 0 Å². The van der Waals surface area contributed by atoms with Crippen LogP contribution < -0.4 is 0 Å². The van der Waals surface area contributed by atoms with E-state index >= 15 is 0 Å². The molecule has 0 aliphatic rings. The van der Waals surface area contributed by atoms with E-state index in [1.165, 1.54) is 32.1 Å². The molecule has 1 atom stereocenters. The molecule has 0 heterocycles. The molecule has 0 rings (SSSR count). The van der Waals surface area contributed by atoms with Crippen molar-refractivity contribution >= 4 is 6.29 Å². The van der Waals surface area contributed by atoms with Crippen LogP contribution in [0, 0.1) is 5.92 Å². The van der Waals surface area contributed by atoms with E-state index in [4.69, 9.17) is 0 Å². The van der Waals surface area contributed by atoms with E-state index in [9.17, 15) is 4.79 Å². The van der Waals surface area contributed by atoms with E-state index < -0.39 is 0 Å². The summed E-state index contributed by atoms with van der Waals surface area (Å²) in [4.78, 5) is 10.1. The molecular weight excluding hydrogens is 136 g/mol. The molecule has 0 aromatic carbocycles. The second-order valence-electron chi connectivity index (χ2n) is 3.22. The molecule has 0 amide bonds. The molecule has 0 spiro atoms. The van der Waals surface area contributed by atoms with Crippen molar-refractivity contribution in [3.8, 4) is 0 Å². The fourth-order valence-corrected chi connectivity index (χ4v) is 1.11. The van der Waals surface area contributed by atoms with Gasteiger partial charge in [0, 0.05) is 5.92 Å². The van der Waals surface area contributed by atoms with Crippen molar-refractivity contribution in [1.29, 1.82) is 0 Å². The second kappa shape index (κ2) is 7.77. The largest absolute Gasteiger partial charge is 0.291 e. The van der Waals surface area contributed by atoms with Crippen LogP contribution in [0.15, 0.2) is 0 Å². The lowest BCUT2D eigenvalue weighted by Gasteiger charge is -2.01. The molecule has 1 radical (unpaired) electrons. The van der Waals surface area contributed by atoms with Gasteiger partial charge in [0.1, 0.15) is 0 Å². The summed E-state index contributed by atoms with van der Waals surface area (Å²) in [6.45, 7) is 4.15. The molecule has 0 bridgehead atoms. The van der Waals surface area contributed by atoms with Gasteiger partial charge in [-0.2, -0.15) is 0 Å². The predicted molar refractivity (Wildman–Crippen MR) is 48.2 cm³/mol. The highest BCUT2D eigenvalue weighted by Crippen LogP contribution is 2.09. The molecule has 0 fully saturated rings. The summed E-state index contributed by atoms with van der Waals surface area (Å²) in [6, 6.07) is 0. The number of carbonyl (C=O) groups excluding carboxylic acids is 1. The van der Waals surface area contributed by atoms with Crippen LogP contribution in [0.3, 0.4) is 0 Å². The summed E-state index contributed by atoms with van der Waals surface area (Å²) in [7, 11) is 0. The minimum absolute atomic E-state index is 0.150. The standard InChI is InChI=1S/C10H19O/c1-3-4-5-6-7-8-10(2)9-11/h10H,3-8H2,1-2H3. The van der Waals surface area contributed by atoms with E-state index in [-0.39, 0.29) is 5.92 Å². The zero-order chi connectivity index (χ0) is 8.53. The maximum Gasteiger partial charge on any atom is 0.201 e. The number of hydrogen-bond donors (Lipinski definition) is 0. The third kappa shape index (κ3) is 7.57. The SMILES string of the molecule is CCCCCCCC(C)[C]=O. The number of hydrogen-bond acceptors (Lipinski definition) is 1. The summed E-state index contributed by atoms with van der Waals surface area (Å²) in [5, 5.41) is 0. The van der Waals surface area contributed by atoms with Crippen LogP contribution in [0.5, 0.6) is 0 Å². The van der Waals surface area contributed by atoms with Gasteiger partial charge >= 0.3 is 0 Å². The normalized spacial score (nSPS) is 12.9. The first-order valence-corrected chi connectivity index (χ1v) is 4.69. The Bertz CT molecular complexity index is 88.9. The van der Waals surface area contributed by atoms with Gasteiger partial charge in [-0.3, -0.25) is 4.79 Å². The van der Waals surface area contributed by atoms with Gasteiger partial charge in [0.2, 0.25) is 6.29 Å². The minimum atomic E-state index is 0.150. The van der Waals surface area contributed by atoms with Crippen LogP contribution in [-0.4, -0.2) is 6.29 Å². The zero-order valence-corrected chi connectivity index (χ0v) is 7.73. The summed E-state index contributed by atoms with van der Waals surface area (Å²) >= 11 is 0. The zero-order valence-electron chi connectivity index (χ0n) is 7.73. The Balaban J connectivity index is 2.95. The van der Waals surface area contributed by atoms with Gasteiger partial charge in [0.05, 0.1) is 0 Å². The predicted octanol–water partition coefficient (Wildman–Crippen LogP) is 3.09. The first-order chi connectivity index (χ1) is 5.31. The van der Waals surface area contributed by atoms with Gasteiger partial charge < -0.3 is 0 Å². The second-order valence-corrected chi connectivity index (χ2v) is 3.22. The van der Waals surface area contributed by atoms with Gasteiger partial charge in [-0.15, -0.1) is 0 Å². The van der Waals surface area contributed by atoms with Crippen molar-refractivity contribution in [3.05, 3.63) is 0 Å². The van der Waals surface area contributed by atoms with E-state index in [2.05, 4.69) is 6.92 Å². The molecule has 1 heteroatoms. The van der Waals surface area contributed by atoms with Gasteiger partial charge in [-0.1, -0.05) is 46.0 Å². The molecule has 11 heavy (non-hydrogen) atoms. The lowest BCUT2D eigenvalue weighted by molar-refractivity contribution is 0.503. The first kappa shape index (κ1) is 10.7. The fraction of sp³-hybridized carbons (Fsp3) is 0.900. The summed E-state index contributed by atoms with van der Waals surface area (Å²) < 4.78 is 0. The van der Waals surface area contributed by atoms with Crippen LogP contribution in [0.1, 0.15) is 52.4 Å². The Kier molecular flexibility index (Phi) is 7.54. The quantitative estimate of drug-likeness (QED) is 0.516. The lowest BCUT2D eigenvalue weighted by Crippen LogP contribution is -1.94. The Morgan fingerprint density at radius 1 is 1.18 bits per heavy atom. The lowest BCUT2D eigenvalue weighted by atomic mass is 10.0. The average molecular weight is 155 g/mol. The molecule has 0 saturated carbocycles. The van der Waals surface area contributed by atoms with Crippen molar-refractivity contribution in [1.82, 2.24) is 0 Å². The van der Waals surface area contributed by atoms with Crippen molar-refractivity contribution in [2.24, 2.45) is 5.92 Å². The van der Waals surface area contributed by atoms with Crippen molar-refractivity contribution < 1.29 is 4.79 Å². The van der Waals surface area contributed by atoms with Crippen LogP contribution in [0.2, 0.25) is 0 Å². The van der Waals surface area contributed by atoms with Crippen molar-refractivity contribution in [2.75, 3.05) is 0 Å². The molecule has 0 aromatic heterocycles. The Morgan fingerprint density at radius 3 is 2.36 bits per heavy atom. The molecule has 0 saturated heterocycles. The van der Waals surface area contributed by atoms with Gasteiger partial charge in [-0.25, -0.2) is 0 Å². The molecular formula is C10H19O. The van der Waals surface area contributed by atoms with Gasteiger partial charge in [0.25, 0.3) is 0 Å². The molecule has 0 aromatic rings. The highest BCUT2D eigenvalue weighted by Gasteiger charge is 1.98. The molecule has 0 N–H and O–H groups in total. The van der Waals surface area contributed by atoms with E-state index in [1.807, 2.05) is 13.2 Å². The maximum absolute atomic E-state index is 10.1. The molecule has 0 aliphatic carbocycles. The first-order valence-electron chi connectivity index (χ1n) is 4.69. The minimum Gasteiger partial charge on any atom is -0.291 e. The summed E-state index contributed by atoms with van der Waals surface area (Å²) in [5.41, 5.74) is 0. The smallest absolute Gasteiger partial charge is 0.201 e. The van der Waals surface area contributed by atoms with Crippen LogP contribution in [0.4, 0.5) is 0 Å². The Hall–Kier alpha value is -0.330. The van der Waals surface area contributed by atoms with Gasteiger partial charge in [0.15, 0.2) is 0 Å². The fourth-order valence-electron chi connectivity index (χ4n) is 1.11. The number of rotatable bonds is 7. The Morgan fingerprint density at radius 2 is 1.82 bits per heavy atom. The Labute approximate surface area is 70.2 Å². The molecule has 0 aliphatic heterocycles. The summed E-state index contributed by atoms with van der Waals surface area (Å²) in [5.74, 6) is 0.150. The van der Waals surface area contributed by atoms with Crippen LogP contribution in [0.25, 0.3) is 0 Å². The third-order valence-corrected chi connectivity index (χ3v) is 1.94. The topological polar surface area (TPSA) is 17.1 Å². The van der Waals surface area contributed by atoms with E-state index in [0.717, 1.165) is 6.42 Å². The molecule has 65 valence electrons. The highest BCUT2D eigenvalue weighted by molar-refractivity contribution is 5.53. The molecule has 1 nitrogen and oxygen atoms in total. The van der Waals surface area contributed by atoms with Gasteiger partial charge in [-0.05, 0) is 6.42 Å². The van der Waals surface area contributed by atoms with E-state index in [1.54, 1.807) is 0 Å². The average Bonchev–Trinajstić information content (AvgIpc) is 2.04. The highest BCUT2D eigenvalue weighted by atomic mass is 16.1. The van der Waals surface area contributed by atoms with Crippen LogP contribution >= 0.6 is 0 Å². The summed E-state index contributed by atoms with van der Waals surface area (Å²) in [6.07, 6.45) is 9.44. The monoisotopic (exact) mass is 155 g/mol. The maximum atomic E-state index is 10.1. The van der Waals surface area contributed by atoms with Crippen molar-refractivity contribution in [3.63, 3.8) is 0 Å². The molecule has 1 unspecified atom stereocenters. The van der Waals surface area contributed by atoms with Crippen molar-refractivity contribution in [2.45, 2.75) is 52.4 Å².